The van der Waals surface area contributed by atoms with Crippen LogP contribution < -0.4 is 4.74 Å². The molecule has 0 radical (unpaired) electrons. The zero-order valence-corrected chi connectivity index (χ0v) is 13.3. The smallest absolute Gasteiger partial charge is 0.138 e. The molecule has 3 heteroatoms. The molecule has 0 spiro atoms. The maximum Gasteiger partial charge on any atom is 0.138 e. The van der Waals surface area contributed by atoms with Crippen LogP contribution in [0.25, 0.3) is 0 Å². The van der Waals surface area contributed by atoms with Crippen LogP contribution in [0.1, 0.15) is 59.4 Å². The molecule has 1 fully saturated rings. The number of ether oxygens (including phenoxy) is 1. The third-order valence-electron chi connectivity index (χ3n) is 4.44. The molecule has 2 unspecified atom stereocenters. The van der Waals surface area contributed by atoms with Gasteiger partial charge in [0.2, 0.25) is 0 Å². The minimum absolute atomic E-state index is 0.115. The standard InChI is InChI=1S/C17H27NO2/c1-12(2)20-15-8-14(10-18-11-15)17(19)7-6-16(4,5)9-13(17)3/h8,10-13,19H,6-7,9H2,1-5H3. The summed E-state index contributed by atoms with van der Waals surface area (Å²) < 4.78 is 5.69. The molecular formula is C17H27NO2. The van der Waals surface area contributed by atoms with Gasteiger partial charge in [-0.15, -0.1) is 0 Å². The van der Waals surface area contributed by atoms with E-state index in [0.717, 1.165) is 30.6 Å². The molecule has 1 saturated carbocycles. The summed E-state index contributed by atoms with van der Waals surface area (Å²) in [5.41, 5.74) is 0.419. The maximum absolute atomic E-state index is 11.1. The molecule has 0 bridgehead atoms. The van der Waals surface area contributed by atoms with E-state index in [2.05, 4.69) is 25.8 Å². The quantitative estimate of drug-likeness (QED) is 0.911. The Balaban J connectivity index is 2.26. The Morgan fingerprint density at radius 2 is 2.00 bits per heavy atom. The van der Waals surface area contributed by atoms with Crippen LogP contribution in [0.2, 0.25) is 0 Å². The molecule has 0 aliphatic heterocycles. The number of hydrogen-bond donors (Lipinski definition) is 1. The van der Waals surface area contributed by atoms with E-state index < -0.39 is 5.60 Å². The molecule has 2 atom stereocenters. The summed E-state index contributed by atoms with van der Waals surface area (Å²) >= 11 is 0. The first-order valence-corrected chi connectivity index (χ1v) is 7.57. The molecule has 1 N–H and O–H groups in total. The lowest BCUT2D eigenvalue weighted by Gasteiger charge is -2.45. The van der Waals surface area contributed by atoms with Gasteiger partial charge in [0.15, 0.2) is 0 Å². The highest BCUT2D eigenvalue weighted by molar-refractivity contribution is 5.29. The average molecular weight is 277 g/mol. The van der Waals surface area contributed by atoms with Gasteiger partial charge >= 0.3 is 0 Å². The molecular weight excluding hydrogens is 250 g/mol. The minimum Gasteiger partial charge on any atom is -0.489 e. The van der Waals surface area contributed by atoms with E-state index in [4.69, 9.17) is 4.74 Å². The molecule has 2 rings (SSSR count). The van der Waals surface area contributed by atoms with Crippen LogP contribution in [-0.4, -0.2) is 16.2 Å². The third kappa shape index (κ3) is 3.14. The molecule has 1 heterocycles. The van der Waals surface area contributed by atoms with Crippen LogP contribution in [0.5, 0.6) is 5.75 Å². The first-order chi connectivity index (χ1) is 9.23. The topological polar surface area (TPSA) is 42.4 Å². The molecule has 112 valence electrons. The summed E-state index contributed by atoms with van der Waals surface area (Å²) in [5, 5.41) is 11.1. The Morgan fingerprint density at radius 1 is 1.30 bits per heavy atom. The van der Waals surface area contributed by atoms with Gasteiger partial charge in [0, 0.05) is 11.8 Å². The van der Waals surface area contributed by atoms with Gasteiger partial charge in [0.05, 0.1) is 17.9 Å². The van der Waals surface area contributed by atoms with Crippen molar-refractivity contribution in [3.63, 3.8) is 0 Å². The summed E-state index contributed by atoms with van der Waals surface area (Å²) in [7, 11) is 0. The van der Waals surface area contributed by atoms with E-state index in [0.29, 0.717) is 5.41 Å². The fraction of sp³-hybridized carbons (Fsp3) is 0.706. The Labute approximate surface area is 122 Å². The lowest BCUT2D eigenvalue weighted by Crippen LogP contribution is -2.41. The zero-order chi connectivity index (χ0) is 15.0. The Bertz CT molecular complexity index is 470. The van der Waals surface area contributed by atoms with Gasteiger partial charge in [-0.2, -0.15) is 0 Å². The summed E-state index contributed by atoms with van der Waals surface area (Å²) in [6.07, 6.45) is 6.45. The average Bonchev–Trinajstić information content (AvgIpc) is 2.33. The summed E-state index contributed by atoms with van der Waals surface area (Å²) in [6.45, 7) is 10.7. The number of rotatable bonds is 3. The van der Waals surface area contributed by atoms with Gasteiger partial charge in [-0.3, -0.25) is 4.98 Å². The van der Waals surface area contributed by atoms with E-state index in [1.165, 1.54) is 0 Å². The van der Waals surface area contributed by atoms with Crippen LogP contribution in [0.4, 0.5) is 0 Å². The molecule has 20 heavy (non-hydrogen) atoms. The lowest BCUT2D eigenvalue weighted by atomic mass is 9.63. The number of nitrogens with zero attached hydrogens (tertiary/aromatic N) is 1. The van der Waals surface area contributed by atoms with Crippen molar-refractivity contribution < 1.29 is 9.84 Å². The van der Waals surface area contributed by atoms with Crippen LogP contribution in [0.15, 0.2) is 18.5 Å². The number of hydrogen-bond acceptors (Lipinski definition) is 3. The van der Waals surface area contributed by atoms with Gasteiger partial charge in [-0.25, -0.2) is 0 Å². The SMILES string of the molecule is CC(C)Oc1cncc(C2(O)CCC(C)(C)CC2C)c1. The predicted molar refractivity (Wildman–Crippen MR) is 80.7 cm³/mol. The van der Waals surface area contributed by atoms with E-state index in [1.54, 1.807) is 12.4 Å². The molecule has 1 aromatic rings. The van der Waals surface area contributed by atoms with E-state index in [9.17, 15) is 5.11 Å². The van der Waals surface area contributed by atoms with Gasteiger partial charge in [-0.1, -0.05) is 20.8 Å². The van der Waals surface area contributed by atoms with Crippen LogP contribution >= 0.6 is 0 Å². The normalized spacial score (nSPS) is 29.4. The highest BCUT2D eigenvalue weighted by atomic mass is 16.5. The minimum atomic E-state index is -0.779. The van der Waals surface area contributed by atoms with Crippen molar-refractivity contribution in [3.8, 4) is 5.75 Å². The number of aliphatic hydroxyl groups is 1. The second-order valence-corrected chi connectivity index (χ2v) is 7.27. The van der Waals surface area contributed by atoms with Crippen molar-refractivity contribution in [3.05, 3.63) is 24.0 Å². The van der Waals surface area contributed by atoms with Crippen molar-refractivity contribution in [2.75, 3.05) is 0 Å². The first-order valence-electron chi connectivity index (χ1n) is 7.57. The van der Waals surface area contributed by atoms with Crippen molar-refractivity contribution in [2.45, 2.75) is 65.6 Å². The monoisotopic (exact) mass is 277 g/mol. The molecule has 0 saturated heterocycles. The summed E-state index contributed by atoms with van der Waals surface area (Å²) in [6, 6.07) is 1.95. The van der Waals surface area contributed by atoms with Gasteiger partial charge in [0.1, 0.15) is 5.75 Å². The lowest BCUT2D eigenvalue weighted by molar-refractivity contribution is -0.0773. The fourth-order valence-corrected chi connectivity index (χ4v) is 3.30. The van der Waals surface area contributed by atoms with Gasteiger partial charge < -0.3 is 9.84 Å². The molecule has 0 amide bonds. The molecule has 0 aromatic carbocycles. The van der Waals surface area contributed by atoms with E-state index in [-0.39, 0.29) is 12.0 Å². The van der Waals surface area contributed by atoms with Gasteiger partial charge in [0.25, 0.3) is 0 Å². The fourth-order valence-electron chi connectivity index (χ4n) is 3.30. The summed E-state index contributed by atoms with van der Waals surface area (Å²) in [4.78, 5) is 4.24. The van der Waals surface area contributed by atoms with Crippen molar-refractivity contribution in [1.29, 1.82) is 0 Å². The highest BCUT2D eigenvalue weighted by Gasteiger charge is 2.43. The molecule has 3 nitrogen and oxygen atoms in total. The van der Waals surface area contributed by atoms with Crippen molar-refractivity contribution >= 4 is 0 Å². The number of aromatic nitrogens is 1. The Kier molecular flexibility index (Phi) is 4.10. The summed E-state index contributed by atoms with van der Waals surface area (Å²) in [5.74, 6) is 0.963. The third-order valence-corrected chi connectivity index (χ3v) is 4.44. The van der Waals surface area contributed by atoms with Crippen LogP contribution in [0.3, 0.4) is 0 Å². The second kappa shape index (κ2) is 5.36. The van der Waals surface area contributed by atoms with Gasteiger partial charge in [-0.05, 0) is 50.5 Å². The van der Waals surface area contributed by atoms with Crippen molar-refractivity contribution in [2.24, 2.45) is 11.3 Å². The number of pyridine rings is 1. The second-order valence-electron chi connectivity index (χ2n) is 7.27. The van der Waals surface area contributed by atoms with Crippen molar-refractivity contribution in [1.82, 2.24) is 4.98 Å². The van der Waals surface area contributed by atoms with Crippen LogP contribution in [0, 0.1) is 11.3 Å². The first kappa shape index (κ1) is 15.3. The van der Waals surface area contributed by atoms with E-state index >= 15 is 0 Å². The van der Waals surface area contributed by atoms with E-state index in [1.807, 2.05) is 19.9 Å². The molecule has 1 aromatic heterocycles. The Hall–Kier alpha value is -1.09. The zero-order valence-electron chi connectivity index (χ0n) is 13.3. The maximum atomic E-state index is 11.1. The van der Waals surface area contributed by atoms with Crippen LogP contribution in [-0.2, 0) is 5.60 Å². The predicted octanol–water partition coefficient (Wildman–Crippen LogP) is 3.90. The molecule has 1 aliphatic rings. The molecule has 1 aliphatic carbocycles. The highest BCUT2D eigenvalue weighted by Crippen LogP contribution is 2.48. The Morgan fingerprint density at radius 3 is 2.60 bits per heavy atom. The largest absolute Gasteiger partial charge is 0.489 e.